The van der Waals surface area contributed by atoms with Gasteiger partial charge >= 0.3 is 0 Å². The number of aromatic nitrogens is 2. The van der Waals surface area contributed by atoms with Gasteiger partial charge in [0.15, 0.2) is 5.82 Å². The summed E-state index contributed by atoms with van der Waals surface area (Å²) in [6.07, 6.45) is 1.43. The molecule has 1 aliphatic heterocycles. The second-order valence-electron chi connectivity index (χ2n) is 5.41. The number of nitrogens with zero attached hydrogens (tertiary/aromatic N) is 1. The Balaban J connectivity index is 1.99. The quantitative estimate of drug-likeness (QED) is 0.824. The number of hydrogen-bond acceptors (Lipinski definition) is 3. The summed E-state index contributed by atoms with van der Waals surface area (Å²) in [6, 6.07) is 1.87. The minimum absolute atomic E-state index is 0.000163. The van der Waals surface area contributed by atoms with Gasteiger partial charge in [-0.3, -0.25) is 9.89 Å². The Bertz CT molecular complexity index is 400. The largest absolute Gasteiger partial charge is 0.368 e. The number of hydrogen-bond donors (Lipinski definition) is 2. The third kappa shape index (κ3) is 2.85. The summed E-state index contributed by atoms with van der Waals surface area (Å²) in [5, 5.41) is 9.79. The van der Waals surface area contributed by atoms with Gasteiger partial charge in [-0.2, -0.15) is 5.10 Å². The first-order valence-corrected chi connectivity index (χ1v) is 5.95. The second kappa shape index (κ2) is 4.49. The van der Waals surface area contributed by atoms with Gasteiger partial charge in [-0.05, 0) is 12.8 Å². The lowest BCUT2D eigenvalue weighted by Gasteiger charge is -2.14. The number of H-pyrrole nitrogens is 1. The van der Waals surface area contributed by atoms with Crippen molar-refractivity contribution in [1.29, 1.82) is 0 Å². The first kappa shape index (κ1) is 12.1. The molecular formula is C12H19N3O2. The molecule has 5 nitrogen and oxygen atoms in total. The van der Waals surface area contributed by atoms with Crippen molar-refractivity contribution in [3.63, 3.8) is 0 Å². The zero-order valence-electron chi connectivity index (χ0n) is 10.5. The van der Waals surface area contributed by atoms with Crippen molar-refractivity contribution in [3.05, 3.63) is 11.8 Å². The maximum absolute atomic E-state index is 11.8. The molecule has 0 bridgehead atoms. The molecular weight excluding hydrogens is 218 g/mol. The number of carbonyl (C=O) groups is 1. The lowest BCUT2D eigenvalue weighted by Crippen LogP contribution is -2.26. The summed E-state index contributed by atoms with van der Waals surface area (Å²) in [4.78, 5) is 11.8. The van der Waals surface area contributed by atoms with E-state index >= 15 is 0 Å². The number of amides is 1. The molecule has 2 rings (SSSR count). The van der Waals surface area contributed by atoms with Gasteiger partial charge in [-0.1, -0.05) is 20.8 Å². The molecule has 1 amide bonds. The highest BCUT2D eigenvalue weighted by atomic mass is 16.5. The van der Waals surface area contributed by atoms with Crippen LogP contribution in [0.1, 0.15) is 39.3 Å². The molecule has 1 atom stereocenters. The maximum Gasteiger partial charge on any atom is 0.254 e. The standard InChI is InChI=1S/C12H19N3O2/c1-12(2,3)9-7-10(15-14-9)13-11(16)8-5-4-6-17-8/h7-8H,4-6H2,1-3H3,(H2,13,14,15,16)/t8-/m0/s1. The van der Waals surface area contributed by atoms with Crippen molar-refractivity contribution in [2.45, 2.75) is 45.1 Å². The van der Waals surface area contributed by atoms with Gasteiger partial charge in [-0.15, -0.1) is 0 Å². The summed E-state index contributed by atoms with van der Waals surface area (Å²) >= 11 is 0. The highest BCUT2D eigenvalue weighted by Crippen LogP contribution is 2.22. The summed E-state index contributed by atoms with van der Waals surface area (Å²) in [5.41, 5.74) is 1.000. The fourth-order valence-corrected chi connectivity index (χ4v) is 1.76. The Hall–Kier alpha value is -1.36. The molecule has 0 spiro atoms. The summed E-state index contributed by atoms with van der Waals surface area (Å²) in [7, 11) is 0. The Morgan fingerprint density at radius 2 is 2.35 bits per heavy atom. The van der Waals surface area contributed by atoms with Crippen molar-refractivity contribution in [3.8, 4) is 0 Å². The van der Waals surface area contributed by atoms with Crippen molar-refractivity contribution >= 4 is 11.7 Å². The highest BCUT2D eigenvalue weighted by Gasteiger charge is 2.24. The number of rotatable bonds is 2. The van der Waals surface area contributed by atoms with Crippen LogP contribution in [0.2, 0.25) is 0 Å². The average Bonchev–Trinajstić information content (AvgIpc) is 2.85. The fraction of sp³-hybridized carbons (Fsp3) is 0.667. The molecule has 1 aliphatic rings. The molecule has 5 heteroatoms. The zero-order chi connectivity index (χ0) is 12.5. The molecule has 0 aromatic carbocycles. The summed E-state index contributed by atoms with van der Waals surface area (Å²) in [6.45, 7) is 6.94. The molecule has 1 saturated heterocycles. The van der Waals surface area contributed by atoms with E-state index in [1.807, 2.05) is 6.07 Å². The lowest BCUT2D eigenvalue weighted by molar-refractivity contribution is -0.124. The van der Waals surface area contributed by atoms with E-state index in [9.17, 15) is 4.79 Å². The van der Waals surface area contributed by atoms with Crippen LogP contribution in [0, 0.1) is 0 Å². The van der Waals surface area contributed by atoms with Crippen LogP contribution >= 0.6 is 0 Å². The van der Waals surface area contributed by atoms with Gasteiger partial charge in [0.1, 0.15) is 6.10 Å². The van der Waals surface area contributed by atoms with Crippen LogP contribution in [-0.2, 0) is 14.9 Å². The van der Waals surface area contributed by atoms with Gasteiger partial charge < -0.3 is 10.1 Å². The van der Waals surface area contributed by atoms with Crippen LogP contribution in [0.5, 0.6) is 0 Å². The Kier molecular flexibility index (Phi) is 3.19. The molecule has 1 aromatic rings. The van der Waals surface area contributed by atoms with Crippen molar-refractivity contribution < 1.29 is 9.53 Å². The van der Waals surface area contributed by atoms with Gasteiger partial charge in [0.2, 0.25) is 0 Å². The van der Waals surface area contributed by atoms with E-state index in [4.69, 9.17) is 4.74 Å². The lowest BCUT2D eigenvalue weighted by atomic mass is 9.92. The molecule has 0 saturated carbocycles. The number of aromatic amines is 1. The molecule has 94 valence electrons. The van der Waals surface area contributed by atoms with Crippen LogP contribution in [0.3, 0.4) is 0 Å². The van der Waals surface area contributed by atoms with Crippen LogP contribution in [0.25, 0.3) is 0 Å². The van der Waals surface area contributed by atoms with Crippen LogP contribution < -0.4 is 5.32 Å². The van der Waals surface area contributed by atoms with E-state index in [1.165, 1.54) is 0 Å². The SMILES string of the molecule is CC(C)(C)c1cc(NC(=O)[C@@H]2CCCO2)n[nH]1. The van der Waals surface area contributed by atoms with Crippen molar-refractivity contribution in [2.75, 3.05) is 11.9 Å². The minimum atomic E-state index is -0.315. The van der Waals surface area contributed by atoms with Gasteiger partial charge in [-0.25, -0.2) is 0 Å². The van der Waals surface area contributed by atoms with E-state index in [0.29, 0.717) is 12.4 Å². The molecule has 1 aromatic heterocycles. The van der Waals surface area contributed by atoms with Crippen LogP contribution in [0.4, 0.5) is 5.82 Å². The third-order valence-corrected chi connectivity index (χ3v) is 2.86. The van der Waals surface area contributed by atoms with E-state index in [1.54, 1.807) is 0 Å². The molecule has 0 radical (unpaired) electrons. The Morgan fingerprint density at radius 1 is 1.59 bits per heavy atom. The zero-order valence-corrected chi connectivity index (χ0v) is 10.5. The number of carbonyl (C=O) groups excluding carboxylic acids is 1. The number of nitrogens with one attached hydrogen (secondary N) is 2. The summed E-state index contributed by atoms with van der Waals surface area (Å²) < 4.78 is 5.31. The molecule has 0 aliphatic carbocycles. The Labute approximate surface area is 101 Å². The van der Waals surface area contributed by atoms with Crippen molar-refractivity contribution in [1.82, 2.24) is 10.2 Å². The van der Waals surface area contributed by atoms with E-state index < -0.39 is 0 Å². The Morgan fingerprint density at radius 3 is 2.88 bits per heavy atom. The van der Waals surface area contributed by atoms with E-state index in [-0.39, 0.29) is 17.4 Å². The van der Waals surface area contributed by atoms with Crippen LogP contribution in [0.15, 0.2) is 6.07 Å². The summed E-state index contributed by atoms with van der Waals surface area (Å²) in [5.74, 6) is 0.463. The molecule has 2 N–H and O–H groups in total. The molecule has 17 heavy (non-hydrogen) atoms. The van der Waals surface area contributed by atoms with Gasteiger partial charge in [0, 0.05) is 23.8 Å². The fourth-order valence-electron chi connectivity index (χ4n) is 1.76. The van der Waals surface area contributed by atoms with Gasteiger partial charge in [0.05, 0.1) is 0 Å². The van der Waals surface area contributed by atoms with Crippen molar-refractivity contribution in [2.24, 2.45) is 0 Å². The minimum Gasteiger partial charge on any atom is -0.368 e. The average molecular weight is 237 g/mol. The van der Waals surface area contributed by atoms with Crippen LogP contribution in [-0.4, -0.2) is 28.8 Å². The molecule has 2 heterocycles. The molecule has 0 unspecified atom stereocenters. The third-order valence-electron chi connectivity index (χ3n) is 2.86. The number of ether oxygens (including phenoxy) is 1. The van der Waals surface area contributed by atoms with Gasteiger partial charge in [0.25, 0.3) is 5.91 Å². The smallest absolute Gasteiger partial charge is 0.254 e. The van der Waals surface area contributed by atoms with E-state index in [2.05, 4.69) is 36.3 Å². The predicted molar refractivity (Wildman–Crippen MR) is 64.9 cm³/mol. The predicted octanol–water partition coefficient (Wildman–Crippen LogP) is 1.82. The first-order chi connectivity index (χ1) is 7.97. The molecule has 1 fully saturated rings. The van der Waals surface area contributed by atoms with E-state index in [0.717, 1.165) is 18.5 Å². The second-order valence-corrected chi connectivity index (χ2v) is 5.41. The monoisotopic (exact) mass is 237 g/mol. The maximum atomic E-state index is 11.8. The highest BCUT2D eigenvalue weighted by molar-refractivity contribution is 5.93. The number of anilines is 1. The normalized spacial score (nSPS) is 20.5. The topological polar surface area (TPSA) is 67.0 Å². The first-order valence-electron chi connectivity index (χ1n) is 5.95.